The Bertz CT molecular complexity index is 386. The molecule has 2 nitrogen and oxygen atoms in total. The van der Waals surface area contributed by atoms with Gasteiger partial charge in [0.25, 0.3) is 0 Å². The van der Waals surface area contributed by atoms with E-state index in [1.165, 1.54) is 63.4 Å². The number of hydrogen-bond donors (Lipinski definition) is 1. The maximum Gasteiger partial charge on any atom is 0.0716 e. The second-order valence-corrected chi connectivity index (χ2v) is 7.79. The maximum absolute atomic E-state index is 9.22. The van der Waals surface area contributed by atoms with Crippen LogP contribution < -0.4 is 0 Å². The summed E-state index contributed by atoms with van der Waals surface area (Å²) in [5, 5.41) is 9.22. The lowest BCUT2D eigenvalue weighted by atomic mass is 9.88. The zero-order valence-corrected chi connectivity index (χ0v) is 15.9. The molecule has 0 fully saturated rings. The molecule has 0 heterocycles. The number of aliphatic hydroxyl groups is 1. The average molecular weight is 335 g/mol. The minimum absolute atomic E-state index is 0.114. The third kappa shape index (κ3) is 11.6. The van der Waals surface area contributed by atoms with E-state index in [-0.39, 0.29) is 5.41 Å². The van der Waals surface area contributed by atoms with Crippen LogP contribution in [0.25, 0.3) is 0 Å². The van der Waals surface area contributed by atoms with Crippen molar-refractivity contribution >= 4 is 0 Å². The first-order valence-electron chi connectivity index (χ1n) is 9.86. The highest BCUT2D eigenvalue weighted by atomic mass is 16.5. The zero-order chi connectivity index (χ0) is 17.5. The van der Waals surface area contributed by atoms with Gasteiger partial charge in [-0.05, 0) is 23.8 Å². The van der Waals surface area contributed by atoms with Crippen molar-refractivity contribution in [1.82, 2.24) is 0 Å². The van der Waals surface area contributed by atoms with E-state index >= 15 is 0 Å². The van der Waals surface area contributed by atoms with Crippen molar-refractivity contribution in [3.05, 3.63) is 35.9 Å². The SMILES string of the molecule is CC(C)(CO)CCCCCCCCCCCOCc1ccccc1. The van der Waals surface area contributed by atoms with Crippen molar-refractivity contribution in [2.45, 2.75) is 84.7 Å². The maximum atomic E-state index is 9.22. The molecular formula is C22H38O2. The minimum Gasteiger partial charge on any atom is -0.396 e. The Kier molecular flexibility index (Phi) is 11.9. The number of aliphatic hydroxyl groups excluding tert-OH is 1. The molecule has 1 N–H and O–H groups in total. The van der Waals surface area contributed by atoms with Crippen LogP contribution in [0.15, 0.2) is 30.3 Å². The van der Waals surface area contributed by atoms with E-state index in [4.69, 9.17) is 4.74 Å². The molecule has 0 unspecified atom stereocenters. The van der Waals surface area contributed by atoms with E-state index < -0.39 is 0 Å². The van der Waals surface area contributed by atoms with Crippen LogP contribution in [0, 0.1) is 5.41 Å². The fourth-order valence-corrected chi connectivity index (χ4v) is 2.89. The van der Waals surface area contributed by atoms with Gasteiger partial charge >= 0.3 is 0 Å². The van der Waals surface area contributed by atoms with Gasteiger partial charge in [-0.3, -0.25) is 0 Å². The first kappa shape index (κ1) is 21.2. The van der Waals surface area contributed by atoms with Gasteiger partial charge in [0.1, 0.15) is 0 Å². The standard InChI is InChI=1S/C22H38O2/c1-22(2,20-23)17-13-8-6-4-3-5-7-9-14-18-24-19-21-15-11-10-12-16-21/h10-12,15-16,23H,3-9,13-14,17-20H2,1-2H3. The summed E-state index contributed by atoms with van der Waals surface area (Å²) in [7, 11) is 0. The second kappa shape index (κ2) is 13.4. The van der Waals surface area contributed by atoms with Crippen LogP contribution in [-0.2, 0) is 11.3 Å². The summed E-state index contributed by atoms with van der Waals surface area (Å²) in [6.07, 6.45) is 13.0. The van der Waals surface area contributed by atoms with Crippen LogP contribution in [-0.4, -0.2) is 18.3 Å². The molecule has 0 spiro atoms. The van der Waals surface area contributed by atoms with Gasteiger partial charge in [0, 0.05) is 13.2 Å². The molecule has 2 heteroatoms. The fourth-order valence-electron chi connectivity index (χ4n) is 2.89. The molecule has 0 amide bonds. The van der Waals surface area contributed by atoms with Crippen LogP contribution in [0.4, 0.5) is 0 Å². The molecule has 0 aromatic heterocycles. The van der Waals surface area contributed by atoms with Crippen LogP contribution in [0.2, 0.25) is 0 Å². The topological polar surface area (TPSA) is 29.5 Å². The fraction of sp³-hybridized carbons (Fsp3) is 0.727. The van der Waals surface area contributed by atoms with E-state index in [0.29, 0.717) is 6.61 Å². The Morgan fingerprint density at radius 1 is 0.792 bits per heavy atom. The summed E-state index contributed by atoms with van der Waals surface area (Å²) >= 11 is 0. The molecule has 0 bridgehead atoms. The molecule has 1 aromatic carbocycles. The third-order valence-corrected chi connectivity index (χ3v) is 4.68. The molecule has 138 valence electrons. The molecule has 1 rings (SSSR count). The number of benzene rings is 1. The lowest BCUT2D eigenvalue weighted by Gasteiger charge is -2.20. The van der Waals surface area contributed by atoms with Crippen LogP contribution in [0.1, 0.15) is 83.6 Å². The second-order valence-electron chi connectivity index (χ2n) is 7.79. The van der Waals surface area contributed by atoms with Gasteiger partial charge < -0.3 is 9.84 Å². The van der Waals surface area contributed by atoms with Crippen molar-refractivity contribution < 1.29 is 9.84 Å². The third-order valence-electron chi connectivity index (χ3n) is 4.68. The van der Waals surface area contributed by atoms with Gasteiger partial charge in [0.15, 0.2) is 0 Å². The smallest absolute Gasteiger partial charge is 0.0716 e. The number of hydrogen-bond acceptors (Lipinski definition) is 2. The summed E-state index contributed by atoms with van der Waals surface area (Å²) in [5.41, 5.74) is 1.38. The Hall–Kier alpha value is -0.860. The molecule has 24 heavy (non-hydrogen) atoms. The Labute approximate surface area is 149 Å². The van der Waals surface area contributed by atoms with Crippen molar-refractivity contribution in [2.75, 3.05) is 13.2 Å². The molecule has 0 saturated carbocycles. The normalized spacial score (nSPS) is 11.8. The monoisotopic (exact) mass is 334 g/mol. The lowest BCUT2D eigenvalue weighted by Crippen LogP contribution is -2.16. The summed E-state index contributed by atoms with van der Waals surface area (Å²) in [6.45, 7) is 6.23. The largest absolute Gasteiger partial charge is 0.396 e. The van der Waals surface area contributed by atoms with Gasteiger partial charge in [-0.25, -0.2) is 0 Å². The summed E-state index contributed by atoms with van der Waals surface area (Å²) in [4.78, 5) is 0. The van der Waals surface area contributed by atoms with Gasteiger partial charge in [-0.1, -0.05) is 95.5 Å². The van der Waals surface area contributed by atoms with Crippen molar-refractivity contribution in [3.63, 3.8) is 0 Å². The predicted octanol–water partition coefficient (Wildman–Crippen LogP) is 6.12. The predicted molar refractivity (Wildman–Crippen MR) is 103 cm³/mol. The Morgan fingerprint density at radius 2 is 1.33 bits per heavy atom. The Morgan fingerprint density at radius 3 is 1.92 bits per heavy atom. The van der Waals surface area contributed by atoms with Crippen LogP contribution in [0.3, 0.4) is 0 Å². The molecule has 0 atom stereocenters. The highest BCUT2D eigenvalue weighted by Crippen LogP contribution is 2.23. The summed E-state index contributed by atoms with van der Waals surface area (Å²) in [6, 6.07) is 10.4. The first-order valence-corrected chi connectivity index (χ1v) is 9.86. The van der Waals surface area contributed by atoms with E-state index in [9.17, 15) is 5.11 Å². The van der Waals surface area contributed by atoms with Gasteiger partial charge in [-0.15, -0.1) is 0 Å². The Balaban J connectivity index is 1.78. The quantitative estimate of drug-likeness (QED) is 0.391. The molecule has 0 aliphatic heterocycles. The van der Waals surface area contributed by atoms with E-state index in [0.717, 1.165) is 19.6 Å². The van der Waals surface area contributed by atoms with Crippen molar-refractivity contribution in [2.24, 2.45) is 5.41 Å². The van der Waals surface area contributed by atoms with E-state index in [1.807, 2.05) is 6.07 Å². The van der Waals surface area contributed by atoms with Crippen LogP contribution in [0.5, 0.6) is 0 Å². The van der Waals surface area contributed by atoms with Crippen molar-refractivity contribution in [1.29, 1.82) is 0 Å². The first-order chi connectivity index (χ1) is 11.6. The molecule has 0 aliphatic carbocycles. The number of unbranched alkanes of at least 4 members (excludes halogenated alkanes) is 8. The molecule has 0 radical (unpaired) electrons. The number of ether oxygens (including phenoxy) is 1. The van der Waals surface area contributed by atoms with Gasteiger partial charge in [0.05, 0.1) is 6.61 Å². The van der Waals surface area contributed by atoms with Gasteiger partial charge in [-0.2, -0.15) is 0 Å². The molecular weight excluding hydrogens is 296 g/mol. The van der Waals surface area contributed by atoms with E-state index in [2.05, 4.69) is 38.1 Å². The molecule has 0 aliphatic rings. The van der Waals surface area contributed by atoms with E-state index in [1.54, 1.807) is 0 Å². The van der Waals surface area contributed by atoms with Gasteiger partial charge in [0.2, 0.25) is 0 Å². The lowest BCUT2D eigenvalue weighted by molar-refractivity contribution is 0.116. The minimum atomic E-state index is 0.114. The summed E-state index contributed by atoms with van der Waals surface area (Å²) in [5.74, 6) is 0. The average Bonchev–Trinajstić information content (AvgIpc) is 2.60. The zero-order valence-electron chi connectivity index (χ0n) is 15.9. The molecule has 0 saturated heterocycles. The summed E-state index contributed by atoms with van der Waals surface area (Å²) < 4.78 is 5.71. The molecule has 1 aromatic rings. The van der Waals surface area contributed by atoms with Crippen LogP contribution >= 0.6 is 0 Å². The number of rotatable bonds is 15. The highest BCUT2D eigenvalue weighted by Gasteiger charge is 2.14. The van der Waals surface area contributed by atoms with Crippen molar-refractivity contribution in [3.8, 4) is 0 Å². The highest BCUT2D eigenvalue weighted by molar-refractivity contribution is 5.13.